The molecule has 2 aromatic rings. The van der Waals surface area contributed by atoms with Gasteiger partial charge in [0.15, 0.2) is 8.24 Å². The van der Waals surface area contributed by atoms with Gasteiger partial charge in [-0.3, -0.25) is 0 Å². The van der Waals surface area contributed by atoms with Crippen molar-refractivity contribution in [1.29, 1.82) is 5.26 Å². The number of hydrogen-bond donors (Lipinski definition) is 1. The van der Waals surface area contributed by atoms with Crippen LogP contribution in [0.5, 0.6) is 0 Å². The summed E-state index contributed by atoms with van der Waals surface area (Å²) < 4.78 is 2.53. The third-order valence-corrected chi connectivity index (χ3v) is 15.5. The van der Waals surface area contributed by atoms with Gasteiger partial charge in [-0.05, 0) is 67.6 Å². The van der Waals surface area contributed by atoms with Crippen LogP contribution in [0.3, 0.4) is 0 Å². The molecule has 2 heterocycles. The van der Waals surface area contributed by atoms with E-state index in [1.807, 2.05) is 0 Å². The van der Waals surface area contributed by atoms with Crippen molar-refractivity contribution in [2.45, 2.75) is 115 Å². The Morgan fingerprint density at radius 1 is 0.971 bits per heavy atom. The molecule has 0 radical (unpaired) electrons. The SMILES string of the molecule is CC(C)[Si](C(C)C)(C(C)C)n1c(C#N)cc2cc(N3CC(C)(C)N[C@H]4CCCC[C@@H]43)ccc21.S.S. The van der Waals surface area contributed by atoms with Crippen molar-refractivity contribution in [3.05, 3.63) is 30.0 Å². The molecule has 2 atom stereocenters. The molecule has 0 unspecified atom stereocenters. The van der Waals surface area contributed by atoms with Gasteiger partial charge >= 0.3 is 0 Å². The number of hydrogen-bond acceptors (Lipinski definition) is 3. The number of anilines is 1. The minimum absolute atomic E-state index is 0. The van der Waals surface area contributed by atoms with Gasteiger partial charge in [0.25, 0.3) is 0 Å². The highest BCUT2D eigenvalue weighted by Crippen LogP contribution is 2.46. The van der Waals surface area contributed by atoms with E-state index in [1.165, 1.54) is 42.3 Å². The van der Waals surface area contributed by atoms with Gasteiger partial charge < -0.3 is 14.4 Å². The van der Waals surface area contributed by atoms with Gasteiger partial charge in [0.2, 0.25) is 0 Å². The Morgan fingerprint density at radius 2 is 1.57 bits per heavy atom. The maximum Gasteiger partial charge on any atom is 0.171 e. The zero-order chi connectivity index (χ0) is 24.1. The zero-order valence-electron chi connectivity index (χ0n) is 23.1. The number of nitriles is 1. The molecule has 4 nitrogen and oxygen atoms in total. The molecule has 0 amide bonds. The molecular formula is C28H48N4S2Si. The first-order chi connectivity index (χ1) is 15.5. The predicted molar refractivity (Wildman–Crippen MR) is 164 cm³/mol. The summed E-state index contributed by atoms with van der Waals surface area (Å²) in [5, 5.41) is 15.4. The summed E-state index contributed by atoms with van der Waals surface area (Å²) in [6, 6.07) is 12.9. The minimum Gasteiger partial charge on any atom is -0.365 e. The second kappa shape index (κ2) is 11.1. The van der Waals surface area contributed by atoms with Gasteiger partial charge in [-0.1, -0.05) is 54.4 Å². The quantitative estimate of drug-likeness (QED) is 0.412. The van der Waals surface area contributed by atoms with E-state index in [-0.39, 0.29) is 32.5 Å². The van der Waals surface area contributed by atoms with E-state index >= 15 is 0 Å². The molecule has 196 valence electrons. The van der Waals surface area contributed by atoms with Crippen molar-refractivity contribution < 1.29 is 0 Å². The van der Waals surface area contributed by atoms with E-state index < -0.39 is 8.24 Å². The highest BCUT2D eigenvalue weighted by Gasteiger charge is 2.47. The Hall–Kier alpha value is -1.07. The summed E-state index contributed by atoms with van der Waals surface area (Å²) in [4.78, 5) is 2.67. The van der Waals surface area contributed by atoms with Crippen molar-refractivity contribution >= 4 is 51.8 Å². The summed E-state index contributed by atoms with van der Waals surface area (Å²) in [6.07, 6.45) is 5.19. The van der Waals surface area contributed by atoms with Gasteiger partial charge in [-0.15, -0.1) is 0 Å². The number of piperazine rings is 1. The molecule has 1 saturated carbocycles. The average molecular weight is 533 g/mol. The Morgan fingerprint density at radius 3 is 2.14 bits per heavy atom. The fourth-order valence-corrected chi connectivity index (χ4v) is 14.4. The lowest BCUT2D eigenvalue weighted by Crippen LogP contribution is -2.67. The summed E-state index contributed by atoms with van der Waals surface area (Å²) in [6.45, 7) is 19.9. The molecule has 2 fully saturated rings. The molecule has 4 rings (SSSR count). The standard InChI is InChI=1S/C28H44N4Si.2H2S/c1-19(2)33(20(3)4,21(5)6)32-24(17-29)16-22-15-23(13-14-26(22)32)31-18-28(7,8)30-25-11-9-10-12-27(25)31;;/h13-16,19-21,25,27,30H,9-12,18H2,1-8H3;2*1H2/t25-,27-;;/m0../s1. The number of nitrogens with zero attached hydrogens (tertiary/aromatic N) is 3. The van der Waals surface area contributed by atoms with E-state index in [1.54, 1.807) is 0 Å². The van der Waals surface area contributed by atoms with Crippen molar-refractivity contribution in [3.63, 3.8) is 0 Å². The molecule has 0 bridgehead atoms. The monoisotopic (exact) mass is 532 g/mol. The van der Waals surface area contributed by atoms with Gasteiger partial charge in [0, 0.05) is 40.8 Å². The van der Waals surface area contributed by atoms with Crippen LogP contribution in [-0.2, 0) is 0 Å². The maximum absolute atomic E-state index is 10.2. The number of benzene rings is 1. The summed E-state index contributed by atoms with van der Waals surface area (Å²) >= 11 is 0. The van der Waals surface area contributed by atoms with E-state index in [9.17, 15) is 5.26 Å². The third kappa shape index (κ3) is 5.06. The first-order valence-corrected chi connectivity index (χ1v) is 15.3. The van der Waals surface area contributed by atoms with E-state index in [0.29, 0.717) is 28.7 Å². The smallest absolute Gasteiger partial charge is 0.171 e. The van der Waals surface area contributed by atoms with Crippen LogP contribution < -0.4 is 10.2 Å². The average Bonchev–Trinajstić information content (AvgIpc) is 3.10. The highest BCUT2D eigenvalue weighted by atomic mass is 32.1. The molecule has 35 heavy (non-hydrogen) atoms. The lowest BCUT2D eigenvalue weighted by molar-refractivity contribution is 0.199. The molecule has 1 aromatic heterocycles. The fourth-order valence-electron chi connectivity index (χ4n) is 7.68. The maximum atomic E-state index is 10.2. The Bertz CT molecular complexity index is 1030. The van der Waals surface area contributed by atoms with Crippen LogP contribution in [0.1, 0.15) is 86.8 Å². The van der Waals surface area contributed by atoms with Crippen LogP contribution in [-0.4, -0.2) is 36.6 Å². The largest absolute Gasteiger partial charge is 0.365 e. The molecule has 1 aliphatic heterocycles. The molecule has 0 spiro atoms. The van der Waals surface area contributed by atoms with E-state index in [4.69, 9.17) is 0 Å². The zero-order valence-corrected chi connectivity index (χ0v) is 26.1. The topological polar surface area (TPSA) is 44.0 Å². The first kappa shape index (κ1) is 30.2. The van der Waals surface area contributed by atoms with E-state index in [2.05, 4.69) is 100 Å². The molecule has 1 saturated heterocycles. The number of nitrogens with one attached hydrogen (secondary N) is 1. The normalized spacial score (nSPS) is 22.1. The predicted octanol–water partition coefficient (Wildman–Crippen LogP) is 7.26. The second-order valence-corrected chi connectivity index (χ2v) is 17.9. The molecule has 2 aliphatic rings. The second-order valence-electron chi connectivity index (χ2n) is 12.2. The first-order valence-electron chi connectivity index (χ1n) is 13.1. The number of rotatable bonds is 5. The lowest BCUT2D eigenvalue weighted by Gasteiger charge is -2.52. The summed E-state index contributed by atoms with van der Waals surface area (Å²) in [5.74, 6) is 0. The van der Waals surface area contributed by atoms with Crippen LogP contribution in [0.15, 0.2) is 24.3 Å². The molecule has 1 N–H and O–H groups in total. The van der Waals surface area contributed by atoms with Gasteiger partial charge in [-0.2, -0.15) is 32.3 Å². The van der Waals surface area contributed by atoms with Crippen molar-refractivity contribution in [3.8, 4) is 6.07 Å². The van der Waals surface area contributed by atoms with Crippen molar-refractivity contribution in [2.75, 3.05) is 11.4 Å². The molecule has 1 aromatic carbocycles. The van der Waals surface area contributed by atoms with Crippen LogP contribution >= 0.6 is 27.0 Å². The van der Waals surface area contributed by atoms with Gasteiger partial charge in [0.1, 0.15) is 11.8 Å². The lowest BCUT2D eigenvalue weighted by atomic mass is 9.83. The van der Waals surface area contributed by atoms with Crippen molar-refractivity contribution in [1.82, 2.24) is 9.55 Å². The molecule has 1 aliphatic carbocycles. The van der Waals surface area contributed by atoms with Gasteiger partial charge in [0.05, 0.1) is 0 Å². The van der Waals surface area contributed by atoms with E-state index in [0.717, 1.165) is 12.2 Å². The third-order valence-electron chi connectivity index (χ3n) is 8.66. The van der Waals surface area contributed by atoms with Gasteiger partial charge in [-0.25, -0.2) is 0 Å². The summed E-state index contributed by atoms with van der Waals surface area (Å²) in [7, 11) is -2.02. The minimum atomic E-state index is -2.02. The van der Waals surface area contributed by atoms with Crippen LogP contribution in [0.4, 0.5) is 5.69 Å². The van der Waals surface area contributed by atoms with Crippen LogP contribution in [0, 0.1) is 11.3 Å². The Labute approximate surface area is 228 Å². The van der Waals surface area contributed by atoms with Crippen molar-refractivity contribution in [2.24, 2.45) is 0 Å². The molecule has 7 heteroatoms. The summed E-state index contributed by atoms with van der Waals surface area (Å²) in [5.41, 5.74) is 5.19. The number of aromatic nitrogens is 1. The van der Waals surface area contributed by atoms with Crippen LogP contribution in [0.25, 0.3) is 10.9 Å². The van der Waals surface area contributed by atoms with Crippen LogP contribution in [0.2, 0.25) is 16.6 Å². The molecular weight excluding hydrogens is 485 g/mol. The Balaban J connectivity index is 0.00000216. The Kier molecular flexibility index (Phi) is 9.58. The highest BCUT2D eigenvalue weighted by molar-refractivity contribution is 7.59. The fraction of sp³-hybridized carbons (Fsp3) is 0.679. The number of fused-ring (bicyclic) bond motifs is 2.